The summed E-state index contributed by atoms with van der Waals surface area (Å²) in [6.45, 7) is 2.91. The van der Waals surface area contributed by atoms with E-state index in [-0.39, 0.29) is 6.03 Å². The maximum absolute atomic E-state index is 12.4. The monoisotopic (exact) mass is 341 g/mol. The number of aryl methyl sites for hydroxylation is 1. The Morgan fingerprint density at radius 3 is 2.68 bits per heavy atom. The molecule has 2 N–H and O–H groups in total. The molecule has 3 rings (SSSR count). The Balaban J connectivity index is 1.61. The van der Waals surface area contributed by atoms with Gasteiger partial charge in [0, 0.05) is 31.0 Å². The van der Waals surface area contributed by atoms with Crippen LogP contribution < -0.4 is 10.1 Å². The van der Waals surface area contributed by atoms with Crippen molar-refractivity contribution in [1.29, 1.82) is 0 Å². The van der Waals surface area contributed by atoms with Crippen LogP contribution in [0.25, 0.3) is 0 Å². The van der Waals surface area contributed by atoms with Gasteiger partial charge in [-0.1, -0.05) is 12.1 Å². The van der Waals surface area contributed by atoms with E-state index >= 15 is 0 Å². The maximum atomic E-state index is 12.4. The van der Waals surface area contributed by atoms with Crippen molar-refractivity contribution < 1.29 is 14.6 Å². The average molecular weight is 341 g/mol. The fourth-order valence-electron chi connectivity index (χ4n) is 2.98. The Hall–Kier alpha value is -2.60. The quantitative estimate of drug-likeness (QED) is 0.900. The number of likely N-dealkylation sites (tertiary alicyclic amines) is 1. The fourth-order valence-corrected chi connectivity index (χ4v) is 2.98. The van der Waals surface area contributed by atoms with Gasteiger partial charge in [-0.25, -0.2) is 4.79 Å². The first-order chi connectivity index (χ1) is 12.0. The Labute approximate surface area is 147 Å². The van der Waals surface area contributed by atoms with Crippen LogP contribution in [0.2, 0.25) is 0 Å². The minimum absolute atomic E-state index is 0.174. The van der Waals surface area contributed by atoms with Crippen LogP contribution in [0.1, 0.15) is 24.1 Å². The number of hydrogen-bond acceptors (Lipinski definition) is 4. The zero-order chi connectivity index (χ0) is 17.9. The van der Waals surface area contributed by atoms with E-state index in [4.69, 9.17) is 4.74 Å². The van der Waals surface area contributed by atoms with Gasteiger partial charge in [0.2, 0.25) is 0 Å². The molecule has 25 heavy (non-hydrogen) atoms. The second-order valence-electron chi connectivity index (χ2n) is 6.40. The molecule has 0 atom stereocenters. The van der Waals surface area contributed by atoms with Crippen molar-refractivity contribution in [2.45, 2.75) is 25.4 Å². The first-order valence-electron chi connectivity index (χ1n) is 8.36. The molecule has 0 radical (unpaired) electrons. The van der Waals surface area contributed by atoms with Crippen LogP contribution in [0.15, 0.2) is 42.6 Å². The van der Waals surface area contributed by atoms with Crippen LogP contribution in [0, 0.1) is 6.92 Å². The van der Waals surface area contributed by atoms with E-state index in [2.05, 4.69) is 10.3 Å². The zero-order valence-electron chi connectivity index (χ0n) is 14.5. The van der Waals surface area contributed by atoms with Crippen LogP contribution in [-0.4, -0.2) is 41.2 Å². The van der Waals surface area contributed by atoms with Crippen molar-refractivity contribution in [2.24, 2.45) is 0 Å². The van der Waals surface area contributed by atoms with Crippen molar-refractivity contribution >= 4 is 11.7 Å². The lowest BCUT2D eigenvalue weighted by Gasteiger charge is -2.37. The van der Waals surface area contributed by atoms with Crippen LogP contribution in [0.5, 0.6) is 5.75 Å². The third-order valence-corrected chi connectivity index (χ3v) is 4.59. The van der Waals surface area contributed by atoms with E-state index in [1.54, 1.807) is 24.3 Å². The molecule has 6 heteroatoms. The normalized spacial score (nSPS) is 16.4. The van der Waals surface area contributed by atoms with Gasteiger partial charge in [0.1, 0.15) is 11.4 Å². The van der Waals surface area contributed by atoms with Gasteiger partial charge in [-0.05, 0) is 43.5 Å². The number of urea groups is 1. The lowest BCUT2D eigenvalue weighted by Crippen LogP contribution is -2.47. The van der Waals surface area contributed by atoms with Gasteiger partial charge >= 0.3 is 6.03 Å². The number of nitrogens with zero attached hydrogens (tertiary/aromatic N) is 2. The van der Waals surface area contributed by atoms with Gasteiger partial charge in [0.05, 0.1) is 12.8 Å². The van der Waals surface area contributed by atoms with E-state index in [1.807, 2.05) is 37.3 Å². The lowest BCUT2D eigenvalue weighted by atomic mass is 9.87. The topological polar surface area (TPSA) is 74.7 Å². The highest BCUT2D eigenvalue weighted by atomic mass is 16.5. The Morgan fingerprint density at radius 1 is 1.28 bits per heavy atom. The highest BCUT2D eigenvalue weighted by Gasteiger charge is 2.36. The molecule has 1 aliphatic heterocycles. The van der Waals surface area contributed by atoms with Crippen molar-refractivity contribution in [3.8, 4) is 5.75 Å². The third kappa shape index (κ3) is 3.91. The third-order valence-electron chi connectivity index (χ3n) is 4.59. The largest absolute Gasteiger partial charge is 0.497 e. The molecule has 132 valence electrons. The van der Waals surface area contributed by atoms with Crippen LogP contribution in [0.3, 0.4) is 0 Å². The molecular formula is C19H23N3O3. The minimum Gasteiger partial charge on any atom is -0.497 e. The summed E-state index contributed by atoms with van der Waals surface area (Å²) < 4.78 is 5.16. The minimum atomic E-state index is -0.972. The number of rotatable bonds is 3. The average Bonchev–Trinajstić information content (AvgIpc) is 2.63. The van der Waals surface area contributed by atoms with Crippen LogP contribution in [-0.2, 0) is 5.60 Å². The number of carbonyl (C=O) groups is 1. The molecule has 0 bridgehead atoms. The number of aliphatic hydroxyl groups is 1. The van der Waals surface area contributed by atoms with Gasteiger partial charge in [-0.2, -0.15) is 0 Å². The predicted octanol–water partition coefficient (Wildman–Crippen LogP) is 2.91. The Morgan fingerprint density at radius 2 is 2.04 bits per heavy atom. The van der Waals surface area contributed by atoms with Gasteiger partial charge < -0.3 is 20.1 Å². The van der Waals surface area contributed by atoms with E-state index < -0.39 is 5.60 Å². The number of methoxy groups -OCH3 is 1. The summed E-state index contributed by atoms with van der Waals surface area (Å²) in [6, 6.07) is 10.9. The summed E-state index contributed by atoms with van der Waals surface area (Å²) in [5, 5.41) is 13.7. The van der Waals surface area contributed by atoms with Gasteiger partial charge in [-0.15, -0.1) is 0 Å². The van der Waals surface area contributed by atoms with Crippen molar-refractivity contribution in [3.63, 3.8) is 0 Å². The molecule has 6 nitrogen and oxygen atoms in total. The summed E-state index contributed by atoms with van der Waals surface area (Å²) in [7, 11) is 1.59. The Bertz CT molecular complexity index is 738. The standard InChI is InChI=1S/C19H23N3O3/c1-14-6-7-17(20-13-14)19(24)8-10-22(11-9-19)18(23)21-15-4-3-5-16(12-15)25-2/h3-7,12-13,24H,8-11H2,1-2H3,(H,21,23). The smallest absolute Gasteiger partial charge is 0.321 e. The van der Waals surface area contributed by atoms with Crippen LogP contribution in [0.4, 0.5) is 10.5 Å². The number of nitrogens with one attached hydrogen (secondary N) is 1. The molecule has 1 aromatic carbocycles. The van der Waals surface area contributed by atoms with E-state index in [1.165, 1.54) is 0 Å². The SMILES string of the molecule is COc1cccc(NC(=O)N2CCC(O)(c3ccc(C)cn3)CC2)c1. The summed E-state index contributed by atoms with van der Waals surface area (Å²) >= 11 is 0. The summed E-state index contributed by atoms with van der Waals surface area (Å²) in [5.41, 5.74) is 1.44. The highest BCUT2D eigenvalue weighted by Crippen LogP contribution is 2.31. The second kappa shape index (κ2) is 7.11. The number of amides is 2. The number of anilines is 1. The molecule has 1 aliphatic rings. The molecule has 1 aromatic heterocycles. The van der Waals surface area contributed by atoms with Gasteiger partial charge in [-0.3, -0.25) is 4.98 Å². The summed E-state index contributed by atoms with van der Waals surface area (Å²) in [4.78, 5) is 18.5. The zero-order valence-corrected chi connectivity index (χ0v) is 14.5. The fraction of sp³-hybridized carbons (Fsp3) is 0.368. The number of carbonyl (C=O) groups excluding carboxylic acids is 1. The first kappa shape index (κ1) is 17.2. The molecule has 2 heterocycles. The lowest BCUT2D eigenvalue weighted by molar-refractivity contribution is -0.0193. The predicted molar refractivity (Wildman–Crippen MR) is 95.7 cm³/mol. The van der Waals surface area contributed by atoms with Crippen molar-refractivity contribution in [1.82, 2.24) is 9.88 Å². The van der Waals surface area contributed by atoms with Gasteiger partial charge in [0.25, 0.3) is 0 Å². The molecule has 0 spiro atoms. The van der Waals surface area contributed by atoms with Crippen molar-refractivity contribution in [2.75, 3.05) is 25.5 Å². The molecule has 0 aliphatic carbocycles. The number of ether oxygens (including phenoxy) is 1. The first-order valence-corrected chi connectivity index (χ1v) is 8.36. The van der Waals surface area contributed by atoms with E-state index in [0.717, 1.165) is 5.56 Å². The molecule has 2 aromatic rings. The second-order valence-corrected chi connectivity index (χ2v) is 6.40. The molecule has 0 unspecified atom stereocenters. The number of pyridine rings is 1. The number of piperidine rings is 1. The van der Waals surface area contributed by atoms with E-state index in [0.29, 0.717) is 43.1 Å². The van der Waals surface area contributed by atoms with Crippen molar-refractivity contribution in [3.05, 3.63) is 53.9 Å². The molecular weight excluding hydrogens is 318 g/mol. The molecule has 0 saturated carbocycles. The maximum Gasteiger partial charge on any atom is 0.321 e. The molecule has 1 saturated heterocycles. The number of hydrogen-bond donors (Lipinski definition) is 2. The van der Waals surface area contributed by atoms with Gasteiger partial charge in [0.15, 0.2) is 0 Å². The molecule has 1 fully saturated rings. The highest BCUT2D eigenvalue weighted by molar-refractivity contribution is 5.89. The Kier molecular flexibility index (Phi) is 4.90. The molecule has 2 amide bonds. The summed E-state index contributed by atoms with van der Waals surface area (Å²) in [6.07, 6.45) is 2.69. The van der Waals surface area contributed by atoms with E-state index in [9.17, 15) is 9.90 Å². The number of benzene rings is 1. The summed E-state index contributed by atoms with van der Waals surface area (Å²) in [5.74, 6) is 0.691. The van der Waals surface area contributed by atoms with Crippen LogP contribution >= 0.6 is 0 Å². The number of aromatic nitrogens is 1.